The summed E-state index contributed by atoms with van der Waals surface area (Å²) in [6.07, 6.45) is -9.53. The largest absolute Gasteiger partial charge is 0.504 e. The molecule has 0 aromatic heterocycles. The highest BCUT2D eigenvalue weighted by atomic mass is 79.9. The number of methoxy groups -OCH3 is 1. The molecule has 0 bridgehead atoms. The molecule has 59 heavy (non-hydrogen) atoms. The van der Waals surface area contributed by atoms with Gasteiger partial charge in [-0.05, 0) is 91.1 Å². The second kappa shape index (κ2) is 14.1. The number of carbonyl (C=O) groups excluding carboxylic acids is 4. The number of amides is 4. The molecule has 2 heterocycles. The van der Waals surface area contributed by atoms with Gasteiger partial charge >= 0.3 is 12.4 Å². The van der Waals surface area contributed by atoms with Gasteiger partial charge in [-0.25, -0.2) is 9.29 Å². The van der Waals surface area contributed by atoms with Crippen molar-refractivity contribution in [3.05, 3.63) is 128 Å². The van der Waals surface area contributed by atoms with Crippen LogP contribution in [0.25, 0.3) is 0 Å². The maximum atomic E-state index is 15.3. The maximum Gasteiger partial charge on any atom is 0.416 e. The third kappa shape index (κ3) is 6.35. The summed E-state index contributed by atoms with van der Waals surface area (Å²) in [5.41, 5.74) is -2.79. The van der Waals surface area contributed by atoms with E-state index in [-0.39, 0.29) is 46.5 Å². The van der Waals surface area contributed by atoms with E-state index in [0.29, 0.717) is 27.1 Å². The second-order valence-electron chi connectivity index (χ2n) is 14.7. The van der Waals surface area contributed by atoms with Gasteiger partial charge in [-0.15, -0.1) is 0 Å². The van der Waals surface area contributed by atoms with Crippen LogP contribution in [0.1, 0.15) is 41.0 Å². The number of phenolic OH excluding ortho intramolecular Hbond substituents is 1. The van der Waals surface area contributed by atoms with Crippen molar-refractivity contribution < 1.29 is 59.8 Å². The number of nitrogens with zero attached hydrogens (tertiary/aromatic N) is 2. The fraction of sp³-hybridized carbons (Fsp3) is 0.268. The van der Waals surface area contributed by atoms with Crippen molar-refractivity contribution >= 4 is 62.5 Å². The van der Waals surface area contributed by atoms with Crippen LogP contribution in [0.15, 0.2) is 95.0 Å². The van der Waals surface area contributed by atoms with Gasteiger partial charge in [0, 0.05) is 21.0 Å². The summed E-state index contributed by atoms with van der Waals surface area (Å²) < 4.78 is 103. The van der Waals surface area contributed by atoms with Crippen LogP contribution in [0.3, 0.4) is 0 Å². The minimum atomic E-state index is -5.28. The van der Waals surface area contributed by atoms with E-state index >= 15 is 4.79 Å². The van der Waals surface area contributed by atoms with Crippen molar-refractivity contribution in [3.63, 3.8) is 0 Å². The number of ether oxygens (including phenoxy) is 1. The lowest BCUT2D eigenvalue weighted by atomic mass is 9.49. The van der Waals surface area contributed by atoms with Crippen molar-refractivity contribution in [3.8, 4) is 11.5 Å². The van der Waals surface area contributed by atoms with E-state index in [1.165, 1.54) is 55.6 Å². The summed E-state index contributed by atoms with van der Waals surface area (Å²) in [7, 11) is 1.28. The van der Waals surface area contributed by atoms with Crippen molar-refractivity contribution in [2.75, 3.05) is 17.4 Å². The molecule has 0 unspecified atom stereocenters. The summed E-state index contributed by atoms with van der Waals surface area (Å²) in [5, 5.41) is 12.9. The summed E-state index contributed by atoms with van der Waals surface area (Å²) in [5.74, 6) is -11.4. The quantitative estimate of drug-likeness (QED) is 0.113. The Hall–Kier alpha value is -5.42. The molecule has 0 spiro atoms. The van der Waals surface area contributed by atoms with Crippen LogP contribution >= 0.6 is 27.5 Å². The highest BCUT2D eigenvalue weighted by molar-refractivity contribution is 9.10. The second-order valence-corrected chi connectivity index (χ2v) is 16.0. The van der Waals surface area contributed by atoms with Gasteiger partial charge in [-0.3, -0.25) is 24.6 Å². The molecule has 2 N–H and O–H groups in total. The Morgan fingerprint density at radius 3 is 2.07 bits per heavy atom. The van der Waals surface area contributed by atoms with Gasteiger partial charge in [-0.2, -0.15) is 31.4 Å². The van der Waals surface area contributed by atoms with Crippen molar-refractivity contribution in [1.82, 2.24) is 5.01 Å². The molecule has 8 rings (SSSR count). The summed E-state index contributed by atoms with van der Waals surface area (Å²) in [6.45, 7) is 0. The van der Waals surface area contributed by atoms with Gasteiger partial charge in [0.05, 0.1) is 52.8 Å². The van der Waals surface area contributed by atoms with E-state index in [1.54, 1.807) is 6.08 Å². The first-order valence-corrected chi connectivity index (χ1v) is 19.0. The molecule has 9 nitrogen and oxygen atoms in total. The number of fused-ring (bicyclic) bond motifs is 4. The molecule has 4 aromatic carbocycles. The minimum Gasteiger partial charge on any atom is -0.504 e. The Labute approximate surface area is 343 Å². The molecule has 0 radical (unpaired) electrons. The fourth-order valence-electron chi connectivity index (χ4n) is 9.29. The van der Waals surface area contributed by atoms with Gasteiger partial charge in [0.2, 0.25) is 11.8 Å². The lowest BCUT2D eigenvalue weighted by Crippen LogP contribution is -2.53. The molecule has 2 saturated heterocycles. The van der Waals surface area contributed by atoms with Crippen LogP contribution in [0.4, 0.5) is 42.1 Å². The molecule has 2 aliphatic carbocycles. The number of benzene rings is 4. The summed E-state index contributed by atoms with van der Waals surface area (Å²) in [4.78, 5) is 59.1. The lowest BCUT2D eigenvalue weighted by Gasteiger charge is -2.50. The smallest absolute Gasteiger partial charge is 0.416 e. The third-order valence-corrected chi connectivity index (χ3v) is 12.4. The number of halogens is 9. The van der Waals surface area contributed by atoms with Crippen LogP contribution in [0.5, 0.6) is 11.5 Å². The van der Waals surface area contributed by atoms with Gasteiger partial charge in [0.1, 0.15) is 5.82 Å². The summed E-state index contributed by atoms with van der Waals surface area (Å²) in [6, 6.07) is 14.3. The average Bonchev–Trinajstić information content (AvgIpc) is 3.56. The van der Waals surface area contributed by atoms with E-state index in [1.807, 2.05) is 0 Å². The standard InChI is InChI=1S/C41H28BrClF7N3O6/c1-59-31-16-21(42)15-29(34(31)54)33-26-10-11-27-32(37(57)52(35(27)55)25-13-19(40(45,46)47)12-20(14-25)41(48,49)50)28(26)17-30-36(56)53(51-24-8-6-23(44)7-9-24)38(58)39(30,33)18-2-4-22(43)5-3-18/h2-10,12-16,27-28,30,32-33,51,54H,11,17H2,1H3/t27-,28+,30-,32-,33+,39+/m0/s1. The Kier molecular flexibility index (Phi) is 9.65. The zero-order chi connectivity index (χ0) is 42.5. The van der Waals surface area contributed by atoms with Crippen LogP contribution in [-0.2, 0) is 36.9 Å². The zero-order valence-electron chi connectivity index (χ0n) is 30.2. The SMILES string of the molecule is COc1cc(Br)cc([C@H]2C3=CC[C@@H]4C(=O)N(c5cc(C(F)(F)F)cc(C(F)(F)F)c5)C(=O)[C@@H]4[C@@H]3C[C@H]3C(=O)N(Nc4ccc(F)cc4)C(=O)[C@@]23c2ccc(Cl)cc2)c1O. The number of hydrazine groups is 1. The maximum absolute atomic E-state index is 15.3. The predicted octanol–water partition coefficient (Wildman–Crippen LogP) is 9.18. The first kappa shape index (κ1) is 40.4. The first-order valence-electron chi connectivity index (χ1n) is 17.9. The third-order valence-electron chi connectivity index (χ3n) is 11.7. The number of hydrogen-bond acceptors (Lipinski definition) is 7. The molecule has 18 heteroatoms. The molecule has 2 aliphatic heterocycles. The molecule has 4 aliphatic rings. The number of alkyl halides is 6. The number of anilines is 2. The number of imide groups is 2. The van der Waals surface area contributed by atoms with E-state index < -0.39 is 99.4 Å². The van der Waals surface area contributed by atoms with E-state index in [0.717, 1.165) is 17.1 Å². The number of phenols is 1. The van der Waals surface area contributed by atoms with E-state index in [9.17, 15) is 50.2 Å². The molecule has 4 aromatic rings. The Bertz CT molecular complexity index is 2450. The zero-order valence-corrected chi connectivity index (χ0v) is 32.5. The highest BCUT2D eigenvalue weighted by Gasteiger charge is 2.71. The molecular weight excluding hydrogens is 879 g/mol. The van der Waals surface area contributed by atoms with Crippen LogP contribution in [-0.4, -0.2) is 40.9 Å². The highest BCUT2D eigenvalue weighted by Crippen LogP contribution is 2.65. The molecule has 4 amide bonds. The molecule has 306 valence electrons. The number of allylic oxidation sites excluding steroid dienone is 2. The van der Waals surface area contributed by atoms with Crippen LogP contribution in [0.2, 0.25) is 5.02 Å². The molecule has 1 saturated carbocycles. The Morgan fingerprint density at radius 1 is 0.847 bits per heavy atom. The van der Waals surface area contributed by atoms with Crippen molar-refractivity contribution in [1.29, 1.82) is 0 Å². The van der Waals surface area contributed by atoms with Crippen LogP contribution in [0, 0.1) is 29.5 Å². The normalized spacial score (nSPS) is 25.5. The average molecular weight is 907 g/mol. The van der Waals surface area contributed by atoms with Gasteiger partial charge in [0.25, 0.3) is 11.8 Å². The van der Waals surface area contributed by atoms with E-state index in [4.69, 9.17) is 16.3 Å². The predicted molar refractivity (Wildman–Crippen MR) is 200 cm³/mol. The minimum absolute atomic E-state index is 0.0463. The van der Waals surface area contributed by atoms with Crippen molar-refractivity contribution in [2.24, 2.45) is 23.7 Å². The molecular formula is C41H28BrClF7N3O6. The molecule has 6 atom stereocenters. The summed E-state index contributed by atoms with van der Waals surface area (Å²) >= 11 is 9.72. The van der Waals surface area contributed by atoms with Crippen molar-refractivity contribution in [2.45, 2.75) is 36.5 Å². The van der Waals surface area contributed by atoms with Gasteiger partial charge < -0.3 is 9.84 Å². The number of nitrogens with one attached hydrogen (secondary N) is 1. The number of carbonyl (C=O) groups is 4. The Balaban J connectivity index is 1.34. The first-order chi connectivity index (χ1) is 27.8. The molecule has 3 fully saturated rings. The Morgan fingerprint density at radius 2 is 1.47 bits per heavy atom. The lowest BCUT2D eigenvalue weighted by molar-refractivity contribution is -0.143. The number of hydrogen-bond donors (Lipinski definition) is 2. The van der Waals surface area contributed by atoms with Gasteiger partial charge in [-0.1, -0.05) is 51.3 Å². The monoisotopic (exact) mass is 905 g/mol. The van der Waals surface area contributed by atoms with Crippen LogP contribution < -0.4 is 15.1 Å². The topological polar surface area (TPSA) is 116 Å². The van der Waals surface area contributed by atoms with Gasteiger partial charge in [0.15, 0.2) is 11.5 Å². The van der Waals surface area contributed by atoms with E-state index in [2.05, 4.69) is 21.4 Å². The number of rotatable bonds is 6. The fourth-order valence-corrected chi connectivity index (χ4v) is 9.87. The number of aromatic hydroxyl groups is 1.